The van der Waals surface area contributed by atoms with Crippen molar-refractivity contribution in [3.05, 3.63) is 36.5 Å². The highest BCUT2D eigenvalue weighted by Crippen LogP contribution is 2.47. The van der Waals surface area contributed by atoms with E-state index in [4.69, 9.17) is 18.5 Å². The van der Waals surface area contributed by atoms with Gasteiger partial charge in [-0.2, -0.15) is 0 Å². The van der Waals surface area contributed by atoms with Crippen LogP contribution in [-0.2, 0) is 27.9 Å². The summed E-state index contributed by atoms with van der Waals surface area (Å²) < 4.78 is 34.3. The maximum atomic E-state index is 12.9. The molecule has 13 heteroatoms. The number of phosphoric ester groups is 1. The molecule has 0 aromatic heterocycles. The minimum Gasteiger partial charge on any atom is -0.457 e. The van der Waals surface area contributed by atoms with Crippen molar-refractivity contribution in [3.63, 3.8) is 0 Å². The predicted molar refractivity (Wildman–Crippen MR) is 272 cm³/mol. The molecule has 6 N–H and O–H groups in total. The summed E-state index contributed by atoms with van der Waals surface area (Å²) in [5, 5.41) is 50.3. The van der Waals surface area contributed by atoms with Crippen molar-refractivity contribution in [2.45, 2.75) is 281 Å². The van der Waals surface area contributed by atoms with Crippen LogP contribution < -0.4 is 0 Å². The monoisotopic (exact) mass is 973 g/mol. The number of allylic oxidation sites excluding steroid dienone is 6. The second-order valence-electron chi connectivity index (χ2n) is 19.1. The lowest BCUT2D eigenvalue weighted by atomic mass is 9.85. The fraction of sp³-hybridized carbons (Fsp3) is 0.870. The molecule has 0 radical (unpaired) electrons. The molecule has 0 aliphatic heterocycles. The van der Waals surface area contributed by atoms with Gasteiger partial charge in [0.2, 0.25) is 0 Å². The fourth-order valence-electron chi connectivity index (χ4n) is 8.38. The van der Waals surface area contributed by atoms with E-state index in [0.717, 1.165) is 64.2 Å². The molecule has 1 fully saturated rings. The van der Waals surface area contributed by atoms with Gasteiger partial charge in [0.1, 0.15) is 42.7 Å². The van der Waals surface area contributed by atoms with Crippen LogP contribution in [-0.4, -0.2) is 98.9 Å². The van der Waals surface area contributed by atoms with Gasteiger partial charge < -0.3 is 39.9 Å². The number of rotatable bonds is 47. The molecule has 6 atom stereocenters. The molecule has 12 nitrogen and oxygen atoms in total. The van der Waals surface area contributed by atoms with E-state index in [-0.39, 0.29) is 13.0 Å². The Balaban J connectivity index is 2.29. The quantitative estimate of drug-likeness (QED) is 0.0147. The maximum absolute atomic E-state index is 12.9. The van der Waals surface area contributed by atoms with Gasteiger partial charge in [-0.05, 0) is 70.6 Å². The van der Waals surface area contributed by atoms with Crippen LogP contribution in [0.4, 0.5) is 0 Å². The zero-order valence-corrected chi connectivity index (χ0v) is 43.4. The van der Waals surface area contributed by atoms with Crippen molar-refractivity contribution in [3.8, 4) is 0 Å². The van der Waals surface area contributed by atoms with Crippen LogP contribution in [0.15, 0.2) is 36.5 Å². The number of hydrogen-bond acceptors (Lipinski definition) is 11. The molecule has 1 rings (SSSR count). The van der Waals surface area contributed by atoms with Crippen LogP contribution in [0.1, 0.15) is 239 Å². The van der Waals surface area contributed by atoms with Crippen molar-refractivity contribution >= 4 is 13.8 Å². The van der Waals surface area contributed by atoms with Gasteiger partial charge in [0.25, 0.3) is 0 Å². The SMILES string of the molecule is CCCCCC/C=C\C/C=C\CCCCCCCC(=O)OC(COCCCCCCCCCCCCCC/C=C\CCCCCCCCCC)COP(=O)(O)OC1C(O)C(O)C(O)C(O)C1O. The highest BCUT2D eigenvalue weighted by Gasteiger charge is 2.51. The summed E-state index contributed by atoms with van der Waals surface area (Å²) in [4.78, 5) is 23.2. The predicted octanol–water partition coefficient (Wildman–Crippen LogP) is 12.6. The molecule has 0 bridgehead atoms. The fourth-order valence-corrected chi connectivity index (χ4v) is 9.35. The highest BCUT2D eigenvalue weighted by molar-refractivity contribution is 7.47. The topological polar surface area (TPSA) is 192 Å². The van der Waals surface area contributed by atoms with Crippen molar-refractivity contribution in [2.24, 2.45) is 0 Å². The number of aliphatic hydroxyl groups is 5. The standard InChI is InChI=1S/C54H101O12P/c1-3-5-7-9-11-13-15-17-19-21-22-23-24-25-26-27-28-30-32-34-36-38-40-42-44-63-45-47(46-64-67(61,62)66-54-52(59)50(57)49(56)51(58)53(54)60)65-48(55)43-41-39-37-35-33-31-29-20-18-16-14-12-10-8-6-4-2/h14,16,20-22,29,47,49-54,56-60H,3-13,15,17-19,23-28,30-46H2,1-2H3,(H,61,62)/b16-14-,22-21-,29-20-. The zero-order valence-electron chi connectivity index (χ0n) is 42.5. The lowest BCUT2D eigenvalue weighted by molar-refractivity contribution is -0.220. The molecule has 0 saturated heterocycles. The first-order valence-corrected chi connectivity index (χ1v) is 28.8. The minimum atomic E-state index is -5.03. The van der Waals surface area contributed by atoms with E-state index >= 15 is 0 Å². The second kappa shape index (κ2) is 44.5. The Morgan fingerprint density at radius 3 is 1.28 bits per heavy atom. The van der Waals surface area contributed by atoms with Crippen LogP contribution in [0, 0.1) is 0 Å². The molecule has 0 heterocycles. The summed E-state index contributed by atoms with van der Waals surface area (Å²) in [7, 11) is -5.03. The first-order valence-electron chi connectivity index (χ1n) is 27.3. The largest absolute Gasteiger partial charge is 0.472 e. The smallest absolute Gasteiger partial charge is 0.457 e. The molecule has 67 heavy (non-hydrogen) atoms. The van der Waals surface area contributed by atoms with E-state index in [2.05, 4.69) is 50.3 Å². The van der Waals surface area contributed by atoms with Gasteiger partial charge in [-0.25, -0.2) is 4.57 Å². The minimum absolute atomic E-state index is 0.0810. The summed E-state index contributed by atoms with van der Waals surface area (Å²) in [5.74, 6) is -0.488. The molecular weight excluding hydrogens is 872 g/mol. The van der Waals surface area contributed by atoms with Gasteiger partial charge >= 0.3 is 13.8 Å². The lowest BCUT2D eigenvalue weighted by Crippen LogP contribution is -2.64. The summed E-state index contributed by atoms with van der Waals surface area (Å²) in [6.07, 6.45) is 42.2. The molecular formula is C54H101O12P. The van der Waals surface area contributed by atoms with Gasteiger partial charge in [0.15, 0.2) is 0 Å². The third-order valence-corrected chi connectivity index (χ3v) is 13.7. The normalized spacial score (nSPS) is 21.5. The average Bonchev–Trinajstić information content (AvgIpc) is 3.31. The number of unbranched alkanes of at least 4 members (excludes halogenated alkanes) is 29. The Morgan fingerprint density at radius 1 is 0.478 bits per heavy atom. The lowest BCUT2D eigenvalue weighted by Gasteiger charge is -2.41. The number of hydrogen-bond donors (Lipinski definition) is 6. The molecule has 1 saturated carbocycles. The molecule has 0 spiro atoms. The molecule has 0 aromatic carbocycles. The van der Waals surface area contributed by atoms with Crippen LogP contribution in [0.2, 0.25) is 0 Å². The van der Waals surface area contributed by atoms with Gasteiger partial charge in [-0.15, -0.1) is 0 Å². The summed E-state index contributed by atoms with van der Waals surface area (Å²) >= 11 is 0. The van der Waals surface area contributed by atoms with Crippen molar-refractivity contribution in [1.29, 1.82) is 0 Å². The second-order valence-corrected chi connectivity index (χ2v) is 20.5. The molecule has 1 aliphatic rings. The molecule has 0 aromatic rings. The van der Waals surface area contributed by atoms with E-state index < -0.39 is 63.1 Å². The Kier molecular flexibility index (Phi) is 42.2. The van der Waals surface area contributed by atoms with E-state index in [9.17, 15) is 39.8 Å². The van der Waals surface area contributed by atoms with Gasteiger partial charge in [-0.3, -0.25) is 13.8 Å². The Bertz CT molecular complexity index is 1250. The highest BCUT2D eigenvalue weighted by atomic mass is 31.2. The van der Waals surface area contributed by atoms with Gasteiger partial charge in [-0.1, -0.05) is 198 Å². The first-order chi connectivity index (χ1) is 32.5. The van der Waals surface area contributed by atoms with Crippen molar-refractivity contribution in [2.75, 3.05) is 19.8 Å². The number of ether oxygens (including phenoxy) is 2. The van der Waals surface area contributed by atoms with E-state index in [1.54, 1.807) is 0 Å². The zero-order chi connectivity index (χ0) is 49.1. The average molecular weight is 973 g/mol. The van der Waals surface area contributed by atoms with Gasteiger partial charge in [0.05, 0.1) is 13.2 Å². The van der Waals surface area contributed by atoms with E-state index in [0.29, 0.717) is 13.0 Å². The number of phosphoric acid groups is 1. The van der Waals surface area contributed by atoms with E-state index in [1.165, 1.54) is 148 Å². The molecule has 394 valence electrons. The first kappa shape index (κ1) is 63.6. The summed E-state index contributed by atoms with van der Waals surface area (Å²) in [6.45, 7) is 4.26. The Morgan fingerprint density at radius 2 is 0.836 bits per heavy atom. The number of aliphatic hydroxyl groups excluding tert-OH is 5. The van der Waals surface area contributed by atoms with Gasteiger partial charge in [0, 0.05) is 13.0 Å². The van der Waals surface area contributed by atoms with Crippen LogP contribution in [0.5, 0.6) is 0 Å². The number of carbonyl (C=O) groups is 1. The van der Waals surface area contributed by atoms with E-state index in [1.807, 2.05) is 0 Å². The third kappa shape index (κ3) is 36.2. The molecule has 1 aliphatic carbocycles. The van der Waals surface area contributed by atoms with Crippen molar-refractivity contribution < 1.29 is 58.3 Å². The van der Waals surface area contributed by atoms with Crippen molar-refractivity contribution in [1.82, 2.24) is 0 Å². The maximum Gasteiger partial charge on any atom is 0.472 e. The molecule has 6 unspecified atom stereocenters. The summed E-state index contributed by atoms with van der Waals surface area (Å²) in [5.41, 5.74) is 0. The number of carbonyl (C=O) groups excluding carboxylic acids is 1. The third-order valence-electron chi connectivity index (χ3n) is 12.7. The Labute approximate surface area is 408 Å². The van der Waals surface area contributed by atoms with Crippen LogP contribution >= 0.6 is 7.82 Å². The van der Waals surface area contributed by atoms with Crippen LogP contribution in [0.25, 0.3) is 0 Å². The molecule has 0 amide bonds. The number of esters is 1. The summed E-state index contributed by atoms with van der Waals surface area (Å²) in [6, 6.07) is 0. The van der Waals surface area contributed by atoms with Crippen LogP contribution in [0.3, 0.4) is 0 Å². The Hall–Kier alpha value is -1.44.